The maximum Gasteiger partial charge on any atom is 0.260 e. The Morgan fingerprint density at radius 2 is 2.25 bits per heavy atom. The highest BCUT2D eigenvalue weighted by molar-refractivity contribution is 7.99. The van der Waals surface area contributed by atoms with Crippen LogP contribution in [0, 0.1) is 5.92 Å². The normalized spacial score (nSPS) is 25.8. The molecule has 0 spiro atoms. The Morgan fingerprint density at radius 1 is 1.50 bits per heavy atom. The summed E-state index contributed by atoms with van der Waals surface area (Å²) in [6.45, 7) is -0.506. The van der Waals surface area contributed by atoms with E-state index in [-0.39, 0.29) is 12.3 Å². The fourth-order valence-corrected chi connectivity index (χ4v) is 2.63. The molecule has 0 amide bonds. The minimum atomic E-state index is -2.64. The SMILES string of the molecule is NCC(F)(F)CC1CCCSC1. The van der Waals surface area contributed by atoms with E-state index in [0.717, 1.165) is 24.3 Å². The van der Waals surface area contributed by atoms with Gasteiger partial charge >= 0.3 is 0 Å². The molecule has 4 heteroatoms. The van der Waals surface area contributed by atoms with Crippen LogP contribution in [0.1, 0.15) is 19.3 Å². The van der Waals surface area contributed by atoms with Gasteiger partial charge in [-0.15, -0.1) is 0 Å². The number of thioether (sulfide) groups is 1. The molecule has 1 unspecified atom stereocenters. The van der Waals surface area contributed by atoms with E-state index in [1.807, 2.05) is 0 Å². The molecule has 0 aromatic heterocycles. The summed E-state index contributed by atoms with van der Waals surface area (Å²) in [5.74, 6) is -0.439. The lowest BCUT2D eigenvalue weighted by molar-refractivity contribution is -0.0122. The Morgan fingerprint density at radius 3 is 2.75 bits per heavy atom. The fraction of sp³-hybridized carbons (Fsp3) is 1.00. The second-order valence-corrected chi connectivity index (χ2v) is 4.50. The molecule has 0 bridgehead atoms. The van der Waals surface area contributed by atoms with Crippen LogP contribution >= 0.6 is 11.8 Å². The Kier molecular flexibility index (Phi) is 3.77. The van der Waals surface area contributed by atoms with Gasteiger partial charge in [0.2, 0.25) is 0 Å². The molecule has 1 atom stereocenters. The van der Waals surface area contributed by atoms with E-state index >= 15 is 0 Å². The third-order valence-electron chi connectivity index (χ3n) is 2.14. The summed E-state index contributed by atoms with van der Waals surface area (Å²) in [6.07, 6.45) is 2.01. The van der Waals surface area contributed by atoms with Crippen LogP contribution in [0.2, 0.25) is 0 Å². The van der Waals surface area contributed by atoms with Crippen LogP contribution < -0.4 is 5.73 Å². The summed E-state index contributed by atoms with van der Waals surface area (Å²) in [7, 11) is 0. The van der Waals surface area contributed by atoms with Crippen LogP contribution in [-0.4, -0.2) is 24.0 Å². The van der Waals surface area contributed by atoms with Crippen LogP contribution in [0.3, 0.4) is 0 Å². The van der Waals surface area contributed by atoms with E-state index in [0.29, 0.717) is 0 Å². The van der Waals surface area contributed by atoms with Gasteiger partial charge in [-0.05, 0) is 30.3 Å². The molecule has 1 aliphatic rings. The van der Waals surface area contributed by atoms with Crippen molar-refractivity contribution < 1.29 is 8.78 Å². The molecule has 0 aromatic rings. The fourth-order valence-electron chi connectivity index (χ4n) is 1.47. The predicted octanol–water partition coefficient (Wildman–Crippen LogP) is 2.11. The van der Waals surface area contributed by atoms with Gasteiger partial charge in [0.15, 0.2) is 0 Å². The smallest absolute Gasteiger partial charge is 0.260 e. The van der Waals surface area contributed by atoms with Crippen LogP contribution in [0.4, 0.5) is 8.78 Å². The maximum atomic E-state index is 12.8. The standard InChI is InChI=1S/C8H15F2NS/c9-8(10,6-11)4-7-2-1-3-12-5-7/h7H,1-6,11H2. The first kappa shape index (κ1) is 10.3. The minimum absolute atomic E-state index is 0.0174. The van der Waals surface area contributed by atoms with Gasteiger partial charge in [-0.3, -0.25) is 0 Å². The molecule has 1 aliphatic heterocycles. The molecule has 1 saturated heterocycles. The van der Waals surface area contributed by atoms with Crippen molar-refractivity contribution in [3.05, 3.63) is 0 Å². The van der Waals surface area contributed by atoms with Crippen LogP contribution in [0.25, 0.3) is 0 Å². The summed E-state index contributed by atoms with van der Waals surface area (Å²) in [5, 5.41) is 0. The molecule has 72 valence electrons. The van der Waals surface area contributed by atoms with Gasteiger partial charge in [-0.25, -0.2) is 8.78 Å². The molecule has 0 saturated carbocycles. The summed E-state index contributed by atoms with van der Waals surface area (Å²) in [4.78, 5) is 0. The van der Waals surface area contributed by atoms with Crippen molar-refractivity contribution in [2.75, 3.05) is 18.1 Å². The molecule has 12 heavy (non-hydrogen) atoms. The molecule has 1 heterocycles. The van der Waals surface area contributed by atoms with E-state index < -0.39 is 12.5 Å². The molecule has 0 radical (unpaired) electrons. The van der Waals surface area contributed by atoms with Gasteiger partial charge in [-0.1, -0.05) is 0 Å². The first-order chi connectivity index (χ1) is 5.64. The Labute approximate surface area is 76.1 Å². The van der Waals surface area contributed by atoms with Crippen molar-refractivity contribution in [3.63, 3.8) is 0 Å². The number of hydrogen-bond donors (Lipinski definition) is 1. The monoisotopic (exact) mass is 195 g/mol. The number of alkyl halides is 2. The zero-order chi connectivity index (χ0) is 9.03. The van der Waals surface area contributed by atoms with Gasteiger partial charge in [0.05, 0.1) is 6.54 Å². The number of nitrogens with two attached hydrogens (primary N) is 1. The van der Waals surface area contributed by atoms with Crippen molar-refractivity contribution in [1.29, 1.82) is 0 Å². The third kappa shape index (κ3) is 3.27. The van der Waals surface area contributed by atoms with Gasteiger partial charge in [0, 0.05) is 6.42 Å². The molecule has 0 aliphatic carbocycles. The van der Waals surface area contributed by atoms with Crippen LogP contribution in [-0.2, 0) is 0 Å². The largest absolute Gasteiger partial charge is 0.325 e. The first-order valence-corrected chi connectivity index (χ1v) is 5.45. The Balaban J connectivity index is 2.28. The third-order valence-corrected chi connectivity index (χ3v) is 3.43. The number of hydrogen-bond acceptors (Lipinski definition) is 2. The molecular formula is C8H15F2NS. The molecule has 1 rings (SSSR count). The molecule has 2 N–H and O–H groups in total. The van der Waals surface area contributed by atoms with Gasteiger partial charge in [0.25, 0.3) is 5.92 Å². The van der Waals surface area contributed by atoms with E-state index in [1.54, 1.807) is 11.8 Å². The van der Waals surface area contributed by atoms with Crippen molar-refractivity contribution in [1.82, 2.24) is 0 Å². The molecular weight excluding hydrogens is 180 g/mol. The quantitative estimate of drug-likeness (QED) is 0.746. The summed E-state index contributed by atoms with van der Waals surface area (Å²) in [6, 6.07) is 0. The van der Waals surface area contributed by atoms with Gasteiger partial charge in [0.1, 0.15) is 0 Å². The summed E-state index contributed by atoms with van der Waals surface area (Å²) < 4.78 is 25.6. The van der Waals surface area contributed by atoms with Gasteiger partial charge in [-0.2, -0.15) is 11.8 Å². The van der Waals surface area contributed by atoms with Crippen LogP contribution in [0.15, 0.2) is 0 Å². The summed E-state index contributed by atoms with van der Waals surface area (Å²) >= 11 is 1.78. The molecule has 1 nitrogen and oxygen atoms in total. The Bertz CT molecular complexity index is 135. The highest BCUT2D eigenvalue weighted by Gasteiger charge is 2.31. The lowest BCUT2D eigenvalue weighted by Crippen LogP contribution is -2.31. The average molecular weight is 195 g/mol. The van der Waals surface area contributed by atoms with Gasteiger partial charge < -0.3 is 5.73 Å². The first-order valence-electron chi connectivity index (χ1n) is 4.30. The zero-order valence-corrected chi connectivity index (χ0v) is 7.88. The molecule has 0 aromatic carbocycles. The lowest BCUT2D eigenvalue weighted by atomic mass is 9.97. The van der Waals surface area contributed by atoms with Crippen molar-refractivity contribution in [2.45, 2.75) is 25.2 Å². The maximum absolute atomic E-state index is 12.8. The minimum Gasteiger partial charge on any atom is -0.325 e. The highest BCUT2D eigenvalue weighted by Crippen LogP contribution is 2.31. The van der Waals surface area contributed by atoms with E-state index in [1.165, 1.54) is 0 Å². The van der Waals surface area contributed by atoms with Crippen molar-refractivity contribution >= 4 is 11.8 Å². The number of halogens is 2. The van der Waals surface area contributed by atoms with E-state index in [9.17, 15) is 8.78 Å². The topological polar surface area (TPSA) is 26.0 Å². The highest BCUT2D eigenvalue weighted by atomic mass is 32.2. The second-order valence-electron chi connectivity index (χ2n) is 3.35. The zero-order valence-electron chi connectivity index (χ0n) is 7.06. The lowest BCUT2D eigenvalue weighted by Gasteiger charge is -2.25. The van der Waals surface area contributed by atoms with Crippen LogP contribution in [0.5, 0.6) is 0 Å². The predicted molar refractivity (Wildman–Crippen MR) is 48.7 cm³/mol. The average Bonchev–Trinajstić information content (AvgIpc) is 2.06. The van der Waals surface area contributed by atoms with E-state index in [2.05, 4.69) is 0 Å². The van der Waals surface area contributed by atoms with Crippen molar-refractivity contribution in [3.8, 4) is 0 Å². The second kappa shape index (κ2) is 4.42. The Hall–Kier alpha value is 0.170. The van der Waals surface area contributed by atoms with E-state index in [4.69, 9.17) is 5.73 Å². The summed E-state index contributed by atoms with van der Waals surface area (Å²) in [5.41, 5.74) is 4.97. The van der Waals surface area contributed by atoms with Crippen molar-refractivity contribution in [2.24, 2.45) is 11.7 Å². The molecule has 1 fully saturated rings. The number of rotatable bonds is 3.